The molecule has 0 bridgehead atoms. The molecule has 0 fully saturated rings. The third-order valence-electron chi connectivity index (χ3n) is 1.10. The van der Waals surface area contributed by atoms with Crippen LogP contribution in [0.5, 0.6) is 0 Å². The Balaban J connectivity index is 4.13. The first-order chi connectivity index (χ1) is 4.77. The summed E-state index contributed by atoms with van der Waals surface area (Å²) in [5, 5.41) is 0. The average Bonchev–Trinajstić information content (AvgIpc) is 1.55. The molecule has 0 saturated heterocycles. The summed E-state index contributed by atoms with van der Waals surface area (Å²) >= 11 is 0. The second-order valence-electron chi connectivity index (χ2n) is 3.28. The van der Waals surface area contributed by atoms with Crippen LogP contribution in [0.25, 0.3) is 0 Å². The predicted molar refractivity (Wildman–Crippen MR) is 45.3 cm³/mol. The monoisotopic (exact) mass is 200 g/mol. The Morgan fingerprint density at radius 3 is 2.18 bits per heavy atom. The minimum atomic E-state index is -3.41. The van der Waals surface area contributed by atoms with Gasteiger partial charge in [-0.25, -0.2) is 8.42 Å². The molecule has 0 aliphatic heterocycles. The van der Waals surface area contributed by atoms with Crippen molar-refractivity contribution in [2.24, 2.45) is 5.41 Å². The molecular weight excluding hydrogens is 188 g/mol. The van der Waals surface area contributed by atoms with Crippen molar-refractivity contribution in [2.75, 3.05) is 19.5 Å². The molecule has 0 aliphatic rings. The predicted octanol–water partition coefficient (Wildman–Crippen LogP) is 1.23. The van der Waals surface area contributed by atoms with Crippen LogP contribution < -0.4 is 0 Å². The summed E-state index contributed by atoms with van der Waals surface area (Å²) in [5.74, 6) is -0.0601. The van der Waals surface area contributed by atoms with Gasteiger partial charge in [0.25, 0.3) is 0 Å². The Kier molecular flexibility index (Phi) is 3.80. The van der Waals surface area contributed by atoms with Crippen LogP contribution in [0.2, 0.25) is 0 Å². The summed E-state index contributed by atoms with van der Waals surface area (Å²) in [6.07, 6.45) is 0. The fraction of sp³-hybridized carbons (Fsp3) is 1.00. The molecule has 0 atom stereocenters. The van der Waals surface area contributed by atoms with E-state index in [9.17, 15) is 8.42 Å². The Morgan fingerprint density at radius 2 is 1.91 bits per heavy atom. The van der Waals surface area contributed by atoms with E-state index >= 15 is 0 Å². The van der Waals surface area contributed by atoms with Gasteiger partial charge in [-0.3, -0.25) is 0 Å². The van der Waals surface area contributed by atoms with Crippen LogP contribution in [0, 0.1) is 5.41 Å². The van der Waals surface area contributed by atoms with Gasteiger partial charge in [0.2, 0.25) is 9.05 Å². The summed E-state index contributed by atoms with van der Waals surface area (Å²) in [6.45, 7) is 3.96. The molecule has 0 aromatic carbocycles. The van der Waals surface area contributed by atoms with Crippen molar-refractivity contribution in [1.29, 1.82) is 0 Å². The van der Waals surface area contributed by atoms with E-state index in [4.69, 9.17) is 15.4 Å². The number of rotatable bonds is 4. The van der Waals surface area contributed by atoms with Crippen LogP contribution in [0.3, 0.4) is 0 Å². The topological polar surface area (TPSA) is 43.4 Å². The largest absolute Gasteiger partial charge is 0.384 e. The molecule has 11 heavy (non-hydrogen) atoms. The number of methoxy groups -OCH3 is 1. The molecule has 0 unspecified atom stereocenters. The summed E-state index contributed by atoms with van der Waals surface area (Å²) < 4.78 is 26.1. The molecule has 0 spiro atoms. The first-order valence-corrected chi connectivity index (χ1v) is 5.66. The molecule has 0 rings (SSSR count). The van der Waals surface area contributed by atoms with Crippen molar-refractivity contribution in [3.63, 3.8) is 0 Å². The second-order valence-corrected chi connectivity index (χ2v) is 6.06. The van der Waals surface area contributed by atoms with E-state index in [0.717, 1.165) is 0 Å². The van der Waals surface area contributed by atoms with Crippen molar-refractivity contribution < 1.29 is 13.2 Å². The SMILES string of the molecule is COCC(C)(C)CS(=O)(=O)Cl. The number of hydrogen-bond acceptors (Lipinski definition) is 3. The smallest absolute Gasteiger partial charge is 0.233 e. The minimum Gasteiger partial charge on any atom is -0.384 e. The third kappa shape index (κ3) is 6.59. The van der Waals surface area contributed by atoms with Crippen molar-refractivity contribution >= 4 is 19.7 Å². The fourth-order valence-corrected chi connectivity index (χ4v) is 2.80. The molecule has 5 heteroatoms. The van der Waals surface area contributed by atoms with E-state index in [-0.39, 0.29) is 5.75 Å². The molecule has 0 heterocycles. The first kappa shape index (κ1) is 11.2. The van der Waals surface area contributed by atoms with Crippen LogP contribution in [0.4, 0.5) is 0 Å². The summed E-state index contributed by atoms with van der Waals surface area (Å²) in [4.78, 5) is 0. The van der Waals surface area contributed by atoms with Gasteiger partial charge in [-0.1, -0.05) is 13.8 Å². The molecule has 3 nitrogen and oxygen atoms in total. The van der Waals surface area contributed by atoms with Crippen LogP contribution in [0.1, 0.15) is 13.8 Å². The maximum Gasteiger partial charge on any atom is 0.233 e. The Morgan fingerprint density at radius 1 is 1.45 bits per heavy atom. The van der Waals surface area contributed by atoms with Gasteiger partial charge in [0.15, 0.2) is 0 Å². The Bertz CT molecular complexity index is 208. The van der Waals surface area contributed by atoms with Crippen molar-refractivity contribution in [3.8, 4) is 0 Å². The highest BCUT2D eigenvalue weighted by molar-refractivity contribution is 8.13. The van der Waals surface area contributed by atoms with Crippen LogP contribution in [-0.2, 0) is 13.8 Å². The zero-order valence-electron chi connectivity index (χ0n) is 6.93. The molecule has 0 saturated carbocycles. The molecule has 0 amide bonds. The molecule has 0 aliphatic carbocycles. The van der Waals surface area contributed by atoms with Gasteiger partial charge in [-0.2, -0.15) is 0 Å². The molecule has 0 aromatic heterocycles. The van der Waals surface area contributed by atoms with Crippen LogP contribution in [0.15, 0.2) is 0 Å². The highest BCUT2D eigenvalue weighted by Gasteiger charge is 2.24. The van der Waals surface area contributed by atoms with E-state index in [1.807, 2.05) is 0 Å². The van der Waals surface area contributed by atoms with Gasteiger partial charge in [0.05, 0.1) is 12.4 Å². The molecular formula is C6H13ClO3S. The minimum absolute atomic E-state index is 0.0601. The standard InChI is InChI=1S/C6H13ClO3S/c1-6(2,4-10-3)5-11(7,8)9/h4-5H2,1-3H3. The zero-order chi connectivity index (χ0) is 9.12. The molecule has 0 aromatic rings. The lowest BCUT2D eigenvalue weighted by Crippen LogP contribution is -2.26. The Hall–Kier alpha value is 0.200. The molecule has 0 N–H and O–H groups in total. The van der Waals surface area contributed by atoms with E-state index in [1.165, 1.54) is 7.11 Å². The lowest BCUT2D eigenvalue weighted by Gasteiger charge is -2.20. The van der Waals surface area contributed by atoms with Gasteiger partial charge in [0, 0.05) is 23.2 Å². The van der Waals surface area contributed by atoms with Crippen LogP contribution in [-0.4, -0.2) is 27.9 Å². The summed E-state index contributed by atoms with van der Waals surface area (Å²) in [5.41, 5.74) is -0.407. The second kappa shape index (κ2) is 3.74. The Labute approximate surface area is 72.1 Å². The van der Waals surface area contributed by atoms with Gasteiger partial charge >= 0.3 is 0 Å². The van der Waals surface area contributed by atoms with Crippen molar-refractivity contribution in [1.82, 2.24) is 0 Å². The highest BCUT2D eigenvalue weighted by Crippen LogP contribution is 2.19. The van der Waals surface area contributed by atoms with Crippen LogP contribution >= 0.6 is 10.7 Å². The molecule has 0 radical (unpaired) electrons. The number of hydrogen-bond donors (Lipinski definition) is 0. The third-order valence-corrected chi connectivity index (χ3v) is 2.55. The van der Waals surface area contributed by atoms with Gasteiger partial charge in [-0.15, -0.1) is 0 Å². The maximum absolute atomic E-state index is 10.6. The van der Waals surface area contributed by atoms with E-state index in [1.54, 1.807) is 13.8 Å². The van der Waals surface area contributed by atoms with Gasteiger partial charge < -0.3 is 4.74 Å². The van der Waals surface area contributed by atoms with Crippen molar-refractivity contribution in [2.45, 2.75) is 13.8 Å². The normalized spacial score (nSPS) is 13.5. The first-order valence-electron chi connectivity index (χ1n) is 3.18. The van der Waals surface area contributed by atoms with E-state index in [0.29, 0.717) is 6.61 Å². The average molecular weight is 201 g/mol. The number of ether oxygens (including phenoxy) is 1. The lowest BCUT2D eigenvalue weighted by molar-refractivity contribution is 0.118. The lowest BCUT2D eigenvalue weighted by atomic mass is 9.98. The summed E-state index contributed by atoms with van der Waals surface area (Å²) in [7, 11) is 3.19. The quantitative estimate of drug-likeness (QED) is 0.642. The zero-order valence-corrected chi connectivity index (χ0v) is 8.50. The van der Waals surface area contributed by atoms with E-state index in [2.05, 4.69) is 0 Å². The fourth-order valence-electron chi connectivity index (χ4n) is 0.899. The maximum atomic E-state index is 10.6. The summed E-state index contributed by atoms with van der Waals surface area (Å²) in [6, 6.07) is 0. The highest BCUT2D eigenvalue weighted by atomic mass is 35.7. The molecule has 68 valence electrons. The van der Waals surface area contributed by atoms with Crippen molar-refractivity contribution in [3.05, 3.63) is 0 Å². The van der Waals surface area contributed by atoms with Gasteiger partial charge in [-0.05, 0) is 0 Å². The van der Waals surface area contributed by atoms with E-state index < -0.39 is 14.5 Å². The number of halogens is 1. The van der Waals surface area contributed by atoms with Gasteiger partial charge in [0.1, 0.15) is 0 Å².